The number of rotatable bonds is 7. The molecule has 1 aromatic heterocycles. The van der Waals surface area contributed by atoms with E-state index in [1.54, 1.807) is 24.3 Å². The highest BCUT2D eigenvalue weighted by Gasteiger charge is 2.10. The van der Waals surface area contributed by atoms with Crippen LogP contribution in [0.5, 0.6) is 0 Å². The molecule has 0 aliphatic carbocycles. The number of esters is 1. The summed E-state index contributed by atoms with van der Waals surface area (Å²) in [5.74, 6) is 0.693. The number of carbonyl (C=O) groups excluding carboxylic acids is 1. The third kappa shape index (κ3) is 5.58. The Morgan fingerprint density at radius 2 is 2.04 bits per heavy atom. The normalized spacial score (nSPS) is 10.6. The second-order valence-electron chi connectivity index (χ2n) is 5.76. The lowest BCUT2D eigenvalue weighted by Crippen LogP contribution is -2.21. The van der Waals surface area contributed by atoms with Crippen LogP contribution in [-0.2, 0) is 4.74 Å². The van der Waals surface area contributed by atoms with Crippen molar-refractivity contribution in [3.63, 3.8) is 0 Å². The van der Waals surface area contributed by atoms with Gasteiger partial charge in [0.05, 0.1) is 23.4 Å². The average molecular weight is 364 g/mol. The first-order chi connectivity index (χ1) is 11.9. The zero-order chi connectivity index (χ0) is 18.4. The molecule has 2 aromatic rings. The van der Waals surface area contributed by atoms with Crippen molar-refractivity contribution in [3.8, 4) is 0 Å². The molecule has 0 aliphatic heterocycles. The number of likely N-dealkylation sites (N-methyl/N-ethyl adjacent to an activating group) is 1. The predicted octanol–water partition coefficient (Wildman–Crippen LogP) is 2.94. The molecule has 0 aliphatic rings. The van der Waals surface area contributed by atoms with Crippen LogP contribution in [0.25, 0.3) is 0 Å². The number of anilines is 3. The number of methoxy groups -OCH3 is 1. The molecule has 0 amide bonds. The van der Waals surface area contributed by atoms with E-state index in [0.717, 1.165) is 18.8 Å². The number of aromatic nitrogens is 2. The Morgan fingerprint density at radius 1 is 1.28 bits per heavy atom. The van der Waals surface area contributed by atoms with Gasteiger partial charge in [-0.15, -0.1) is 0 Å². The van der Waals surface area contributed by atoms with Crippen LogP contribution in [-0.4, -0.2) is 55.1 Å². The lowest BCUT2D eigenvalue weighted by atomic mass is 10.2. The summed E-state index contributed by atoms with van der Waals surface area (Å²) in [5, 5.41) is 6.79. The molecule has 0 radical (unpaired) electrons. The van der Waals surface area contributed by atoms with Gasteiger partial charge in [-0.25, -0.2) is 9.78 Å². The molecule has 0 spiro atoms. The van der Waals surface area contributed by atoms with Gasteiger partial charge < -0.3 is 20.3 Å². The van der Waals surface area contributed by atoms with E-state index in [-0.39, 0.29) is 0 Å². The van der Waals surface area contributed by atoms with Crippen LogP contribution in [0.3, 0.4) is 0 Å². The fourth-order valence-corrected chi connectivity index (χ4v) is 2.27. The fraction of sp³-hybridized carbons (Fsp3) is 0.353. The number of hydrogen-bond donors (Lipinski definition) is 2. The van der Waals surface area contributed by atoms with E-state index in [1.807, 2.05) is 21.0 Å². The molecule has 1 aromatic carbocycles. The van der Waals surface area contributed by atoms with E-state index in [2.05, 4.69) is 25.5 Å². The largest absolute Gasteiger partial charge is 0.465 e. The first kappa shape index (κ1) is 19.0. The molecule has 2 rings (SSSR count). The first-order valence-electron chi connectivity index (χ1n) is 7.78. The van der Waals surface area contributed by atoms with Crippen LogP contribution in [0.1, 0.15) is 16.1 Å². The highest BCUT2D eigenvalue weighted by atomic mass is 35.5. The number of nitrogens with one attached hydrogen (secondary N) is 2. The van der Waals surface area contributed by atoms with E-state index in [4.69, 9.17) is 16.3 Å². The van der Waals surface area contributed by atoms with Gasteiger partial charge in [-0.05, 0) is 39.2 Å². The Bertz CT molecular complexity index is 752. The molecule has 0 fully saturated rings. The molecule has 0 saturated heterocycles. The average Bonchev–Trinajstić information content (AvgIpc) is 2.55. The maximum atomic E-state index is 11.7. The molecular formula is C17H22ClN5O2. The Balaban J connectivity index is 2.19. The summed E-state index contributed by atoms with van der Waals surface area (Å²) in [6, 6.07) is 6.68. The number of ether oxygens (including phenoxy) is 1. The summed E-state index contributed by atoms with van der Waals surface area (Å²) >= 11 is 6.21. The number of benzene rings is 1. The van der Waals surface area contributed by atoms with Crippen molar-refractivity contribution in [2.45, 2.75) is 6.92 Å². The SMILES string of the molecule is COC(=O)c1ccc(Cl)c(Nc2cc(C)nc(NCCN(C)C)n2)c1. The number of nitrogens with zero attached hydrogens (tertiary/aromatic N) is 3. The monoisotopic (exact) mass is 363 g/mol. The van der Waals surface area contributed by atoms with Crippen molar-refractivity contribution in [2.24, 2.45) is 0 Å². The number of hydrogen-bond acceptors (Lipinski definition) is 7. The molecule has 0 unspecified atom stereocenters. The minimum atomic E-state index is -0.426. The zero-order valence-corrected chi connectivity index (χ0v) is 15.5. The minimum absolute atomic E-state index is 0.407. The molecule has 0 bridgehead atoms. The van der Waals surface area contributed by atoms with Gasteiger partial charge in [-0.1, -0.05) is 11.6 Å². The molecule has 134 valence electrons. The molecule has 2 N–H and O–H groups in total. The quantitative estimate of drug-likeness (QED) is 0.732. The standard InChI is InChI=1S/C17H22ClN5O2/c1-11-9-15(22-17(20-11)19-7-8-23(2)3)21-14-10-12(16(24)25-4)5-6-13(14)18/h5-6,9-10H,7-8H2,1-4H3,(H2,19,20,21,22). The summed E-state index contributed by atoms with van der Waals surface area (Å²) < 4.78 is 4.73. The second-order valence-corrected chi connectivity index (χ2v) is 6.17. The van der Waals surface area contributed by atoms with Gasteiger partial charge in [-0.3, -0.25) is 0 Å². The number of halogens is 1. The predicted molar refractivity (Wildman–Crippen MR) is 99.9 cm³/mol. The molecule has 1 heterocycles. The zero-order valence-electron chi connectivity index (χ0n) is 14.8. The van der Waals surface area contributed by atoms with Crippen molar-refractivity contribution in [3.05, 3.63) is 40.5 Å². The highest BCUT2D eigenvalue weighted by molar-refractivity contribution is 6.33. The fourth-order valence-electron chi connectivity index (χ4n) is 2.11. The van der Waals surface area contributed by atoms with Crippen molar-refractivity contribution in [2.75, 3.05) is 44.9 Å². The third-order valence-corrected chi connectivity index (χ3v) is 3.68. The summed E-state index contributed by atoms with van der Waals surface area (Å²) in [6.07, 6.45) is 0. The number of aryl methyl sites for hydroxylation is 1. The molecular weight excluding hydrogens is 342 g/mol. The topological polar surface area (TPSA) is 79.4 Å². The maximum absolute atomic E-state index is 11.7. The first-order valence-corrected chi connectivity index (χ1v) is 8.16. The van der Waals surface area contributed by atoms with Crippen molar-refractivity contribution in [1.82, 2.24) is 14.9 Å². The summed E-state index contributed by atoms with van der Waals surface area (Å²) in [5.41, 5.74) is 1.79. The number of carbonyl (C=O) groups is 1. The van der Waals surface area contributed by atoms with Gasteiger partial charge in [0.2, 0.25) is 5.95 Å². The lowest BCUT2D eigenvalue weighted by molar-refractivity contribution is 0.0601. The van der Waals surface area contributed by atoms with Gasteiger partial charge in [0.15, 0.2) is 0 Å². The van der Waals surface area contributed by atoms with Gasteiger partial charge in [-0.2, -0.15) is 4.98 Å². The van der Waals surface area contributed by atoms with Gasteiger partial charge in [0.1, 0.15) is 5.82 Å². The van der Waals surface area contributed by atoms with Crippen LogP contribution in [0.2, 0.25) is 5.02 Å². The third-order valence-electron chi connectivity index (χ3n) is 3.35. The maximum Gasteiger partial charge on any atom is 0.337 e. The molecule has 25 heavy (non-hydrogen) atoms. The van der Waals surface area contributed by atoms with E-state index in [9.17, 15) is 4.79 Å². The van der Waals surface area contributed by atoms with E-state index >= 15 is 0 Å². The Kier molecular flexibility index (Phi) is 6.55. The van der Waals surface area contributed by atoms with Crippen molar-refractivity contribution < 1.29 is 9.53 Å². The van der Waals surface area contributed by atoms with Gasteiger partial charge in [0.25, 0.3) is 0 Å². The smallest absolute Gasteiger partial charge is 0.337 e. The van der Waals surface area contributed by atoms with Crippen LogP contribution in [0.15, 0.2) is 24.3 Å². The van der Waals surface area contributed by atoms with E-state index in [1.165, 1.54) is 7.11 Å². The minimum Gasteiger partial charge on any atom is -0.465 e. The summed E-state index contributed by atoms with van der Waals surface area (Å²) in [7, 11) is 5.34. The van der Waals surface area contributed by atoms with Gasteiger partial charge in [0, 0.05) is 24.8 Å². The van der Waals surface area contributed by atoms with Crippen LogP contribution >= 0.6 is 11.6 Å². The highest BCUT2D eigenvalue weighted by Crippen LogP contribution is 2.26. The molecule has 8 heteroatoms. The second kappa shape index (κ2) is 8.64. The Labute approximate surface area is 152 Å². The van der Waals surface area contributed by atoms with Crippen LogP contribution < -0.4 is 10.6 Å². The Hall–Kier alpha value is -2.38. The van der Waals surface area contributed by atoms with E-state index in [0.29, 0.717) is 28.0 Å². The Morgan fingerprint density at radius 3 is 2.72 bits per heavy atom. The lowest BCUT2D eigenvalue weighted by Gasteiger charge is -2.13. The summed E-state index contributed by atoms with van der Waals surface area (Å²) in [4.78, 5) is 22.5. The van der Waals surface area contributed by atoms with E-state index < -0.39 is 5.97 Å². The molecule has 0 saturated carbocycles. The summed E-state index contributed by atoms with van der Waals surface area (Å²) in [6.45, 7) is 3.48. The van der Waals surface area contributed by atoms with Crippen LogP contribution in [0.4, 0.5) is 17.5 Å². The van der Waals surface area contributed by atoms with Gasteiger partial charge >= 0.3 is 5.97 Å². The van der Waals surface area contributed by atoms with Crippen molar-refractivity contribution >= 4 is 35.0 Å². The molecule has 0 atom stereocenters. The van der Waals surface area contributed by atoms with Crippen LogP contribution in [0, 0.1) is 6.92 Å². The van der Waals surface area contributed by atoms with Crippen molar-refractivity contribution in [1.29, 1.82) is 0 Å². The molecule has 7 nitrogen and oxygen atoms in total.